The number of aryl methyl sites for hydroxylation is 2. The summed E-state index contributed by atoms with van der Waals surface area (Å²) in [6, 6.07) is 13.6. The molecule has 1 amide bonds. The summed E-state index contributed by atoms with van der Waals surface area (Å²) in [7, 11) is 0. The van der Waals surface area contributed by atoms with Crippen LogP contribution in [-0.4, -0.2) is 32.6 Å². The van der Waals surface area contributed by atoms with Crippen LogP contribution < -0.4 is 15.5 Å². The lowest BCUT2D eigenvalue weighted by atomic mass is 10.0. The third kappa shape index (κ3) is 4.25. The van der Waals surface area contributed by atoms with E-state index in [0.29, 0.717) is 11.8 Å². The molecule has 31 heavy (non-hydrogen) atoms. The number of hydrogen-bond acceptors (Lipinski definition) is 6. The lowest BCUT2D eigenvalue weighted by Crippen LogP contribution is -2.41. The van der Waals surface area contributed by atoms with Crippen LogP contribution in [0.25, 0.3) is 0 Å². The van der Waals surface area contributed by atoms with Crippen LogP contribution in [0, 0.1) is 13.8 Å². The van der Waals surface area contributed by atoms with E-state index in [-0.39, 0.29) is 11.9 Å². The molecule has 2 atom stereocenters. The second-order valence-electron chi connectivity index (χ2n) is 7.47. The number of aromatic nitrogens is 3. The first-order valence-electron chi connectivity index (χ1n) is 10.5. The number of carbonyl (C=O) groups is 1. The van der Waals surface area contributed by atoms with Gasteiger partial charge in [-0.1, -0.05) is 43.0 Å². The summed E-state index contributed by atoms with van der Waals surface area (Å²) in [5, 5.41) is 11.9. The Hall–Kier alpha value is -3.00. The van der Waals surface area contributed by atoms with E-state index in [4.69, 9.17) is 4.74 Å². The highest BCUT2D eigenvalue weighted by atomic mass is 32.2. The molecule has 1 aromatic heterocycles. The number of fused-ring (bicyclic) bond motifs is 1. The van der Waals surface area contributed by atoms with Gasteiger partial charge in [0.1, 0.15) is 11.0 Å². The zero-order valence-corrected chi connectivity index (χ0v) is 19.0. The highest BCUT2D eigenvalue weighted by Crippen LogP contribution is 2.38. The minimum atomic E-state index is -0.417. The van der Waals surface area contributed by atoms with E-state index in [1.807, 2.05) is 74.8 Å². The average Bonchev–Trinajstić information content (AvgIpc) is 3.19. The number of nitrogens with zero attached hydrogens (tertiary/aromatic N) is 3. The summed E-state index contributed by atoms with van der Waals surface area (Å²) >= 11 is 1.43. The van der Waals surface area contributed by atoms with Crippen LogP contribution in [0.3, 0.4) is 0 Å². The maximum absolute atomic E-state index is 13.4. The van der Waals surface area contributed by atoms with Gasteiger partial charge >= 0.3 is 0 Å². The van der Waals surface area contributed by atoms with E-state index in [9.17, 15) is 4.79 Å². The lowest BCUT2D eigenvalue weighted by molar-refractivity contribution is -0.116. The van der Waals surface area contributed by atoms with Crippen molar-refractivity contribution >= 4 is 23.4 Å². The minimum Gasteiger partial charge on any atom is -0.494 e. The van der Waals surface area contributed by atoms with Crippen LogP contribution in [0.4, 0.5) is 5.69 Å². The third-order valence-corrected chi connectivity index (χ3v) is 6.71. The van der Waals surface area contributed by atoms with Crippen LogP contribution in [0.1, 0.15) is 42.4 Å². The Morgan fingerprint density at radius 2 is 1.94 bits per heavy atom. The standard InChI is InChI=1S/C23H27N5O2S/c1-5-19-25-26-23-28(19)27-20(16-10-12-17(13-11-16)30-6-2)21(31-23)22(29)24-18-9-7-8-14(3)15(18)4/h7-13,20-21,27H,5-6H2,1-4H3,(H,24,29). The predicted molar refractivity (Wildman–Crippen MR) is 123 cm³/mol. The molecule has 0 saturated heterocycles. The number of nitrogens with one attached hydrogen (secondary N) is 2. The fraction of sp³-hybridized carbons (Fsp3) is 0.348. The second-order valence-corrected chi connectivity index (χ2v) is 8.58. The molecule has 7 nitrogen and oxygen atoms in total. The fourth-order valence-electron chi connectivity index (χ4n) is 3.61. The van der Waals surface area contributed by atoms with Gasteiger partial charge in [-0.25, -0.2) is 4.68 Å². The Labute approximate surface area is 186 Å². The molecular formula is C23H27N5O2S. The van der Waals surface area contributed by atoms with Crippen molar-refractivity contribution < 1.29 is 9.53 Å². The van der Waals surface area contributed by atoms with Crippen molar-refractivity contribution in [3.63, 3.8) is 0 Å². The highest BCUT2D eigenvalue weighted by Gasteiger charge is 2.37. The molecule has 4 rings (SSSR count). The van der Waals surface area contributed by atoms with Crippen molar-refractivity contribution in [1.29, 1.82) is 0 Å². The molecule has 2 aromatic carbocycles. The van der Waals surface area contributed by atoms with Gasteiger partial charge in [0.05, 0.1) is 12.6 Å². The first-order valence-corrected chi connectivity index (χ1v) is 11.4. The van der Waals surface area contributed by atoms with Gasteiger partial charge in [-0.05, 0) is 55.7 Å². The number of amides is 1. The predicted octanol–water partition coefficient (Wildman–Crippen LogP) is 4.25. The molecule has 1 aliphatic heterocycles. The van der Waals surface area contributed by atoms with Crippen molar-refractivity contribution in [2.75, 3.05) is 17.3 Å². The van der Waals surface area contributed by atoms with Gasteiger partial charge in [-0.15, -0.1) is 10.2 Å². The monoisotopic (exact) mass is 437 g/mol. The van der Waals surface area contributed by atoms with Crippen molar-refractivity contribution in [2.45, 2.75) is 50.6 Å². The summed E-state index contributed by atoms with van der Waals surface area (Å²) < 4.78 is 7.47. The molecule has 0 radical (unpaired) electrons. The molecule has 2 heterocycles. The van der Waals surface area contributed by atoms with Crippen LogP contribution in [0.15, 0.2) is 47.6 Å². The fourth-order valence-corrected chi connectivity index (χ4v) is 4.70. The number of rotatable bonds is 6. The molecule has 162 valence electrons. The number of thioether (sulfide) groups is 1. The molecule has 0 spiro atoms. The number of ether oxygens (including phenoxy) is 1. The van der Waals surface area contributed by atoms with Crippen molar-refractivity contribution in [1.82, 2.24) is 14.9 Å². The number of anilines is 1. The summed E-state index contributed by atoms with van der Waals surface area (Å²) in [5.74, 6) is 1.58. The van der Waals surface area contributed by atoms with Gasteiger partial charge in [0, 0.05) is 12.1 Å². The summed E-state index contributed by atoms with van der Waals surface area (Å²) in [4.78, 5) is 13.4. The molecule has 0 fully saturated rings. The molecule has 8 heteroatoms. The SMILES string of the molecule is CCOc1ccc(C2Nn3c(CC)nnc3SC2C(=O)Nc2cccc(C)c2C)cc1. The van der Waals surface area contributed by atoms with Gasteiger partial charge in [0.2, 0.25) is 11.1 Å². The molecule has 0 saturated carbocycles. The van der Waals surface area contributed by atoms with E-state index < -0.39 is 5.25 Å². The van der Waals surface area contributed by atoms with E-state index in [2.05, 4.69) is 20.9 Å². The molecule has 2 unspecified atom stereocenters. The average molecular weight is 438 g/mol. The van der Waals surface area contributed by atoms with Crippen LogP contribution in [0.5, 0.6) is 5.75 Å². The van der Waals surface area contributed by atoms with Gasteiger partial charge in [0.15, 0.2) is 5.82 Å². The second kappa shape index (κ2) is 9.01. The van der Waals surface area contributed by atoms with E-state index in [0.717, 1.165) is 40.4 Å². The van der Waals surface area contributed by atoms with Gasteiger partial charge < -0.3 is 15.5 Å². The zero-order valence-electron chi connectivity index (χ0n) is 18.2. The molecular weight excluding hydrogens is 410 g/mol. The summed E-state index contributed by atoms with van der Waals surface area (Å²) in [5.41, 5.74) is 7.52. The number of carbonyl (C=O) groups excluding carboxylic acids is 1. The normalized spacial score (nSPS) is 17.5. The Kier molecular flexibility index (Phi) is 6.18. The van der Waals surface area contributed by atoms with Crippen LogP contribution in [-0.2, 0) is 11.2 Å². The highest BCUT2D eigenvalue weighted by molar-refractivity contribution is 8.00. The summed E-state index contributed by atoms with van der Waals surface area (Å²) in [6.07, 6.45) is 0.746. The van der Waals surface area contributed by atoms with Gasteiger partial charge in [-0.3, -0.25) is 4.79 Å². The maximum Gasteiger partial charge on any atom is 0.240 e. The van der Waals surface area contributed by atoms with Gasteiger partial charge in [0.25, 0.3) is 0 Å². The Balaban J connectivity index is 1.66. The van der Waals surface area contributed by atoms with E-state index in [1.54, 1.807) is 0 Å². The maximum atomic E-state index is 13.4. The Morgan fingerprint density at radius 3 is 2.65 bits per heavy atom. The Morgan fingerprint density at radius 1 is 1.16 bits per heavy atom. The van der Waals surface area contributed by atoms with Crippen molar-refractivity contribution in [3.8, 4) is 5.75 Å². The topological polar surface area (TPSA) is 81.1 Å². The molecule has 1 aliphatic rings. The van der Waals surface area contributed by atoms with Crippen molar-refractivity contribution in [2.24, 2.45) is 0 Å². The molecule has 2 N–H and O–H groups in total. The zero-order chi connectivity index (χ0) is 22.0. The van der Waals surface area contributed by atoms with Crippen molar-refractivity contribution in [3.05, 3.63) is 65.0 Å². The first-order chi connectivity index (χ1) is 15.0. The van der Waals surface area contributed by atoms with Crippen LogP contribution >= 0.6 is 11.8 Å². The first kappa shape index (κ1) is 21.2. The lowest BCUT2D eigenvalue weighted by Gasteiger charge is -2.33. The summed E-state index contributed by atoms with van der Waals surface area (Å²) in [6.45, 7) is 8.67. The molecule has 0 bridgehead atoms. The third-order valence-electron chi connectivity index (χ3n) is 5.49. The van der Waals surface area contributed by atoms with Gasteiger partial charge in [-0.2, -0.15) is 0 Å². The van der Waals surface area contributed by atoms with Crippen LogP contribution in [0.2, 0.25) is 0 Å². The number of benzene rings is 2. The minimum absolute atomic E-state index is 0.0719. The number of hydrogen-bond donors (Lipinski definition) is 2. The quantitative estimate of drug-likeness (QED) is 0.600. The smallest absolute Gasteiger partial charge is 0.240 e. The molecule has 3 aromatic rings. The van der Waals surface area contributed by atoms with E-state index in [1.165, 1.54) is 11.8 Å². The Bertz CT molecular complexity index is 1080. The largest absolute Gasteiger partial charge is 0.494 e. The van der Waals surface area contributed by atoms with E-state index >= 15 is 0 Å². The molecule has 0 aliphatic carbocycles.